The van der Waals surface area contributed by atoms with Crippen molar-refractivity contribution in [3.8, 4) is 0 Å². The zero-order valence-corrected chi connectivity index (χ0v) is 27.1. The zero-order valence-electron chi connectivity index (χ0n) is 25.5. The summed E-state index contributed by atoms with van der Waals surface area (Å²) in [6.45, 7) is 4.83. The van der Waals surface area contributed by atoms with E-state index in [-0.39, 0.29) is 35.5 Å². The number of nitrogens with zero attached hydrogens (tertiary/aromatic N) is 2. The minimum atomic E-state index is -4.25. The van der Waals surface area contributed by atoms with Gasteiger partial charge < -0.3 is 10.2 Å². The molecule has 45 heavy (non-hydrogen) atoms. The number of hydrogen-bond acceptors (Lipinski definition) is 4. The molecule has 0 saturated carbocycles. The minimum absolute atomic E-state index is 0.00221. The second-order valence-electron chi connectivity index (χ2n) is 10.9. The summed E-state index contributed by atoms with van der Waals surface area (Å²) >= 11 is 6.42. The van der Waals surface area contributed by atoms with E-state index < -0.39 is 34.3 Å². The fourth-order valence-corrected chi connectivity index (χ4v) is 6.54. The van der Waals surface area contributed by atoms with Crippen molar-refractivity contribution in [2.45, 2.75) is 57.1 Å². The average Bonchev–Trinajstić information content (AvgIpc) is 3.04. The Morgan fingerprint density at radius 1 is 0.867 bits per heavy atom. The lowest BCUT2D eigenvalue weighted by Gasteiger charge is -2.34. The van der Waals surface area contributed by atoms with E-state index in [9.17, 15) is 22.4 Å². The normalized spacial score (nSPS) is 12.6. The van der Waals surface area contributed by atoms with Crippen molar-refractivity contribution in [2.75, 3.05) is 10.8 Å². The second kappa shape index (κ2) is 15.2. The van der Waals surface area contributed by atoms with Crippen LogP contribution in [0.5, 0.6) is 0 Å². The summed E-state index contributed by atoms with van der Waals surface area (Å²) in [6.07, 6.45) is 0.852. The molecule has 4 aromatic rings. The van der Waals surface area contributed by atoms with E-state index in [1.165, 1.54) is 29.2 Å². The summed E-state index contributed by atoms with van der Waals surface area (Å²) in [6, 6.07) is 26.5. The summed E-state index contributed by atoms with van der Waals surface area (Å²) in [5, 5.41) is 3.33. The lowest BCUT2D eigenvalue weighted by Crippen LogP contribution is -2.54. The first-order valence-electron chi connectivity index (χ1n) is 14.7. The summed E-state index contributed by atoms with van der Waals surface area (Å²) in [5.41, 5.74) is 2.12. The molecule has 0 aliphatic heterocycles. The molecule has 4 rings (SSSR count). The molecular formula is C35H37ClFN3O4S. The molecule has 0 aliphatic rings. The minimum Gasteiger partial charge on any atom is -0.352 e. The van der Waals surface area contributed by atoms with Crippen molar-refractivity contribution in [2.24, 2.45) is 0 Å². The van der Waals surface area contributed by atoms with Gasteiger partial charge in [0, 0.05) is 24.0 Å². The third kappa shape index (κ3) is 8.49. The number of anilines is 1. The van der Waals surface area contributed by atoms with Crippen molar-refractivity contribution >= 4 is 39.1 Å². The van der Waals surface area contributed by atoms with Gasteiger partial charge in [0.15, 0.2) is 0 Å². The van der Waals surface area contributed by atoms with E-state index >= 15 is 0 Å². The van der Waals surface area contributed by atoms with Gasteiger partial charge in [0.1, 0.15) is 18.4 Å². The first-order valence-corrected chi connectivity index (χ1v) is 16.5. The van der Waals surface area contributed by atoms with Crippen LogP contribution in [0.4, 0.5) is 10.1 Å². The third-order valence-corrected chi connectivity index (χ3v) is 9.84. The Morgan fingerprint density at radius 2 is 1.49 bits per heavy atom. The van der Waals surface area contributed by atoms with E-state index in [1.54, 1.807) is 55.5 Å². The van der Waals surface area contributed by atoms with Crippen molar-refractivity contribution in [1.82, 2.24) is 10.2 Å². The van der Waals surface area contributed by atoms with Crippen LogP contribution in [-0.4, -0.2) is 43.8 Å². The molecule has 1 N–H and O–H groups in total. The summed E-state index contributed by atoms with van der Waals surface area (Å²) in [5.74, 6) is -1.43. The first kappa shape index (κ1) is 33.7. The van der Waals surface area contributed by atoms with Crippen LogP contribution < -0.4 is 9.62 Å². The van der Waals surface area contributed by atoms with Gasteiger partial charge in [-0.2, -0.15) is 0 Å². The van der Waals surface area contributed by atoms with Gasteiger partial charge in [0.05, 0.1) is 10.6 Å². The molecule has 0 radical (unpaired) electrons. The molecule has 2 atom stereocenters. The van der Waals surface area contributed by atoms with Crippen LogP contribution >= 0.6 is 11.6 Å². The Balaban J connectivity index is 1.83. The van der Waals surface area contributed by atoms with E-state index in [1.807, 2.05) is 44.2 Å². The van der Waals surface area contributed by atoms with Gasteiger partial charge in [-0.15, -0.1) is 0 Å². The van der Waals surface area contributed by atoms with Crippen LogP contribution in [0, 0.1) is 12.7 Å². The zero-order chi connectivity index (χ0) is 32.6. The molecule has 0 aromatic heterocycles. The highest BCUT2D eigenvalue weighted by Crippen LogP contribution is 2.31. The van der Waals surface area contributed by atoms with E-state index in [0.29, 0.717) is 22.6 Å². The molecule has 0 unspecified atom stereocenters. The molecule has 10 heteroatoms. The smallest absolute Gasteiger partial charge is 0.264 e. The van der Waals surface area contributed by atoms with E-state index in [2.05, 4.69) is 5.32 Å². The van der Waals surface area contributed by atoms with Gasteiger partial charge in [-0.25, -0.2) is 12.8 Å². The molecule has 236 valence electrons. The lowest BCUT2D eigenvalue weighted by molar-refractivity contribution is -0.140. The highest BCUT2D eigenvalue weighted by Gasteiger charge is 2.35. The van der Waals surface area contributed by atoms with Gasteiger partial charge in [-0.1, -0.05) is 85.3 Å². The SMILES string of the molecule is CC[C@H](C)NC(=O)[C@@H](Cc1ccccc1)N(Cc1ccc(F)cc1)C(=O)CN(c1cccc(Cl)c1C)S(=O)(=O)c1ccccc1. The fraction of sp³-hybridized carbons (Fsp3) is 0.257. The number of carbonyl (C=O) groups is 2. The Hall–Kier alpha value is -4.21. The van der Waals surface area contributed by atoms with Crippen LogP contribution in [0.2, 0.25) is 5.02 Å². The number of sulfonamides is 1. The van der Waals surface area contributed by atoms with Crippen LogP contribution in [0.15, 0.2) is 108 Å². The molecule has 7 nitrogen and oxygen atoms in total. The first-order chi connectivity index (χ1) is 21.5. The van der Waals surface area contributed by atoms with Gasteiger partial charge in [0.25, 0.3) is 10.0 Å². The number of hydrogen-bond donors (Lipinski definition) is 1. The molecule has 2 amide bonds. The summed E-state index contributed by atoms with van der Waals surface area (Å²) in [7, 11) is -4.25. The predicted octanol–water partition coefficient (Wildman–Crippen LogP) is 6.54. The molecule has 4 aromatic carbocycles. The Kier molecular flexibility index (Phi) is 11.4. The molecule has 0 fully saturated rings. The number of carbonyl (C=O) groups excluding carboxylic acids is 2. The number of amides is 2. The second-order valence-corrected chi connectivity index (χ2v) is 13.1. The predicted molar refractivity (Wildman–Crippen MR) is 176 cm³/mol. The number of benzene rings is 4. The van der Waals surface area contributed by atoms with E-state index in [0.717, 1.165) is 9.87 Å². The van der Waals surface area contributed by atoms with Gasteiger partial charge in [-0.3, -0.25) is 13.9 Å². The van der Waals surface area contributed by atoms with Crippen LogP contribution in [-0.2, 0) is 32.6 Å². The number of nitrogens with one attached hydrogen (secondary N) is 1. The maximum Gasteiger partial charge on any atom is 0.264 e. The molecule has 0 saturated heterocycles. The Labute approximate surface area is 269 Å². The highest BCUT2D eigenvalue weighted by atomic mass is 35.5. The topological polar surface area (TPSA) is 86.8 Å². The molecule has 0 heterocycles. The lowest BCUT2D eigenvalue weighted by atomic mass is 10.0. The standard InChI is InChI=1S/C35H37ClFN3O4S/c1-4-25(2)38-35(42)33(22-27-12-7-5-8-13-27)39(23-28-18-20-29(37)21-19-28)34(41)24-40(32-17-11-16-31(36)26(32)3)45(43,44)30-14-9-6-10-15-30/h5-21,25,33H,4,22-24H2,1-3H3,(H,38,42)/t25-,33+/m0/s1. The molecule has 0 spiro atoms. The summed E-state index contributed by atoms with van der Waals surface area (Å²) < 4.78 is 43.1. The molecular weight excluding hydrogens is 613 g/mol. The van der Waals surface area contributed by atoms with Crippen LogP contribution in [0.25, 0.3) is 0 Å². The Bertz CT molecular complexity index is 1700. The van der Waals surface area contributed by atoms with Gasteiger partial charge in [-0.05, 0) is 73.4 Å². The molecule has 0 bridgehead atoms. The van der Waals surface area contributed by atoms with Crippen molar-refractivity contribution < 1.29 is 22.4 Å². The maximum atomic E-state index is 14.5. The maximum absolute atomic E-state index is 14.5. The summed E-state index contributed by atoms with van der Waals surface area (Å²) in [4.78, 5) is 29.7. The van der Waals surface area contributed by atoms with E-state index in [4.69, 9.17) is 11.6 Å². The van der Waals surface area contributed by atoms with Crippen molar-refractivity contribution in [3.05, 3.63) is 131 Å². The van der Waals surface area contributed by atoms with Gasteiger partial charge in [0.2, 0.25) is 11.8 Å². The number of rotatable bonds is 13. The fourth-order valence-electron chi connectivity index (χ4n) is 4.88. The Morgan fingerprint density at radius 3 is 2.11 bits per heavy atom. The largest absolute Gasteiger partial charge is 0.352 e. The average molecular weight is 650 g/mol. The quantitative estimate of drug-likeness (QED) is 0.178. The van der Waals surface area contributed by atoms with Crippen molar-refractivity contribution in [1.29, 1.82) is 0 Å². The third-order valence-electron chi connectivity index (χ3n) is 7.66. The van der Waals surface area contributed by atoms with Crippen LogP contribution in [0.3, 0.4) is 0 Å². The van der Waals surface area contributed by atoms with Crippen molar-refractivity contribution in [3.63, 3.8) is 0 Å². The molecule has 0 aliphatic carbocycles. The number of halogens is 2. The highest BCUT2D eigenvalue weighted by molar-refractivity contribution is 7.92. The monoisotopic (exact) mass is 649 g/mol. The van der Waals surface area contributed by atoms with Crippen LogP contribution in [0.1, 0.15) is 37.0 Å². The van der Waals surface area contributed by atoms with Gasteiger partial charge >= 0.3 is 0 Å².